The van der Waals surface area contributed by atoms with Crippen LogP contribution >= 0.6 is 11.8 Å². The maximum absolute atomic E-state index is 2.36. The Morgan fingerprint density at radius 1 is 1.33 bits per heavy atom. The SMILES string of the molecule is CC1CC(C)C(C)(C)S1. The van der Waals surface area contributed by atoms with E-state index in [1.807, 2.05) is 0 Å². The van der Waals surface area contributed by atoms with Crippen LogP contribution in [0.25, 0.3) is 0 Å². The summed E-state index contributed by atoms with van der Waals surface area (Å²) in [5.74, 6) is 0.900. The highest BCUT2D eigenvalue weighted by Crippen LogP contribution is 2.46. The first kappa shape index (κ1) is 7.46. The topological polar surface area (TPSA) is 0 Å². The second kappa shape index (κ2) is 2.19. The molecule has 54 valence electrons. The Morgan fingerprint density at radius 2 is 1.89 bits per heavy atom. The van der Waals surface area contributed by atoms with E-state index in [4.69, 9.17) is 0 Å². The fraction of sp³-hybridized carbons (Fsp3) is 1.00. The lowest BCUT2D eigenvalue weighted by Gasteiger charge is -2.21. The van der Waals surface area contributed by atoms with Crippen LogP contribution in [0.5, 0.6) is 0 Å². The maximum atomic E-state index is 2.36. The van der Waals surface area contributed by atoms with Gasteiger partial charge in [-0.3, -0.25) is 0 Å². The molecule has 2 atom stereocenters. The summed E-state index contributed by atoms with van der Waals surface area (Å²) >= 11 is 2.13. The van der Waals surface area contributed by atoms with Gasteiger partial charge < -0.3 is 0 Å². The second-order valence-electron chi connectivity index (χ2n) is 3.67. The quantitative estimate of drug-likeness (QED) is 0.503. The average molecular weight is 144 g/mol. The average Bonchev–Trinajstić information content (AvgIpc) is 1.79. The molecule has 0 bridgehead atoms. The highest BCUT2D eigenvalue weighted by Gasteiger charge is 2.35. The van der Waals surface area contributed by atoms with Gasteiger partial charge >= 0.3 is 0 Å². The highest BCUT2D eigenvalue weighted by atomic mass is 32.2. The minimum atomic E-state index is 0.541. The fourth-order valence-electron chi connectivity index (χ4n) is 1.46. The molecule has 0 N–H and O–H groups in total. The van der Waals surface area contributed by atoms with Gasteiger partial charge in [-0.25, -0.2) is 0 Å². The van der Waals surface area contributed by atoms with Crippen molar-refractivity contribution in [3.05, 3.63) is 0 Å². The molecule has 1 aliphatic heterocycles. The maximum Gasteiger partial charge on any atom is 0.0132 e. The summed E-state index contributed by atoms with van der Waals surface area (Å²) in [6.07, 6.45) is 1.40. The van der Waals surface area contributed by atoms with Crippen molar-refractivity contribution >= 4 is 11.8 Å². The van der Waals surface area contributed by atoms with E-state index in [2.05, 4.69) is 39.5 Å². The van der Waals surface area contributed by atoms with E-state index in [1.165, 1.54) is 6.42 Å². The van der Waals surface area contributed by atoms with Crippen molar-refractivity contribution in [3.63, 3.8) is 0 Å². The van der Waals surface area contributed by atoms with Crippen LogP contribution in [0.2, 0.25) is 0 Å². The van der Waals surface area contributed by atoms with E-state index in [9.17, 15) is 0 Å². The Hall–Kier alpha value is 0.350. The van der Waals surface area contributed by atoms with Crippen LogP contribution in [0, 0.1) is 5.92 Å². The first-order valence-corrected chi connectivity index (χ1v) is 4.58. The largest absolute Gasteiger partial charge is 0.152 e. The van der Waals surface area contributed by atoms with Crippen molar-refractivity contribution in [2.24, 2.45) is 5.92 Å². The van der Waals surface area contributed by atoms with Crippen LogP contribution < -0.4 is 0 Å². The molecule has 0 saturated carbocycles. The van der Waals surface area contributed by atoms with E-state index in [0.29, 0.717) is 4.75 Å². The summed E-state index contributed by atoms with van der Waals surface area (Å²) in [4.78, 5) is 0. The van der Waals surface area contributed by atoms with Crippen molar-refractivity contribution in [2.75, 3.05) is 0 Å². The van der Waals surface area contributed by atoms with Gasteiger partial charge in [-0.05, 0) is 12.3 Å². The van der Waals surface area contributed by atoms with E-state index in [1.54, 1.807) is 0 Å². The molecule has 1 rings (SSSR count). The third-order valence-corrected chi connectivity index (χ3v) is 3.98. The Bertz CT molecular complexity index is 107. The summed E-state index contributed by atoms with van der Waals surface area (Å²) < 4.78 is 0.541. The van der Waals surface area contributed by atoms with E-state index >= 15 is 0 Å². The standard InChI is InChI=1S/C8H16S/c1-6-5-7(2)9-8(6,3)4/h6-7H,5H2,1-4H3. The van der Waals surface area contributed by atoms with Crippen LogP contribution in [0.15, 0.2) is 0 Å². The zero-order chi connectivity index (χ0) is 7.07. The van der Waals surface area contributed by atoms with Crippen LogP contribution in [0.4, 0.5) is 0 Å². The predicted octanol–water partition coefficient (Wildman–Crippen LogP) is 2.93. The molecule has 0 spiro atoms. The lowest BCUT2D eigenvalue weighted by atomic mass is 9.93. The monoisotopic (exact) mass is 144 g/mol. The Morgan fingerprint density at radius 3 is 2.00 bits per heavy atom. The normalized spacial score (nSPS) is 41.3. The van der Waals surface area contributed by atoms with E-state index in [0.717, 1.165) is 11.2 Å². The molecule has 0 radical (unpaired) electrons. The molecule has 1 saturated heterocycles. The van der Waals surface area contributed by atoms with Crippen molar-refractivity contribution in [1.29, 1.82) is 0 Å². The van der Waals surface area contributed by atoms with Crippen molar-refractivity contribution < 1.29 is 0 Å². The first-order chi connectivity index (χ1) is 4.02. The van der Waals surface area contributed by atoms with E-state index < -0.39 is 0 Å². The summed E-state index contributed by atoms with van der Waals surface area (Å²) in [5.41, 5.74) is 0. The number of rotatable bonds is 0. The third-order valence-electron chi connectivity index (χ3n) is 2.38. The van der Waals surface area contributed by atoms with Crippen molar-refractivity contribution in [3.8, 4) is 0 Å². The van der Waals surface area contributed by atoms with Crippen LogP contribution in [-0.2, 0) is 0 Å². The summed E-state index contributed by atoms with van der Waals surface area (Å²) in [7, 11) is 0. The summed E-state index contributed by atoms with van der Waals surface area (Å²) in [6, 6.07) is 0. The van der Waals surface area contributed by atoms with Gasteiger partial charge in [0, 0.05) is 10.00 Å². The molecule has 1 heterocycles. The van der Waals surface area contributed by atoms with Gasteiger partial charge in [0.05, 0.1) is 0 Å². The Kier molecular flexibility index (Phi) is 1.81. The van der Waals surface area contributed by atoms with E-state index in [-0.39, 0.29) is 0 Å². The van der Waals surface area contributed by atoms with Crippen LogP contribution in [0.1, 0.15) is 34.1 Å². The molecule has 2 unspecified atom stereocenters. The van der Waals surface area contributed by atoms with Crippen LogP contribution in [-0.4, -0.2) is 10.00 Å². The molecule has 0 aliphatic carbocycles. The highest BCUT2D eigenvalue weighted by molar-refractivity contribution is 8.01. The Balaban J connectivity index is 2.58. The summed E-state index contributed by atoms with van der Waals surface area (Å²) in [5, 5.41) is 0.884. The molecule has 1 heteroatoms. The first-order valence-electron chi connectivity index (χ1n) is 3.70. The number of hydrogen-bond acceptors (Lipinski definition) is 1. The zero-order valence-corrected chi connectivity index (χ0v) is 7.59. The summed E-state index contributed by atoms with van der Waals surface area (Å²) in [6.45, 7) is 9.39. The lowest BCUT2D eigenvalue weighted by Crippen LogP contribution is -2.18. The molecule has 0 amide bonds. The third kappa shape index (κ3) is 1.43. The molecule has 0 aromatic rings. The molecular weight excluding hydrogens is 128 g/mol. The predicted molar refractivity (Wildman–Crippen MR) is 44.9 cm³/mol. The van der Waals surface area contributed by atoms with Crippen molar-refractivity contribution in [2.45, 2.75) is 44.1 Å². The minimum absolute atomic E-state index is 0.541. The molecule has 0 aromatic carbocycles. The molecule has 0 nitrogen and oxygen atoms in total. The van der Waals surface area contributed by atoms with Gasteiger partial charge in [0.15, 0.2) is 0 Å². The molecule has 1 aliphatic rings. The van der Waals surface area contributed by atoms with Gasteiger partial charge in [-0.2, -0.15) is 11.8 Å². The smallest absolute Gasteiger partial charge is 0.0132 e. The molecular formula is C8H16S. The lowest BCUT2D eigenvalue weighted by molar-refractivity contribution is 0.463. The van der Waals surface area contributed by atoms with Gasteiger partial charge in [0.1, 0.15) is 0 Å². The Labute approximate surface area is 62.4 Å². The van der Waals surface area contributed by atoms with Gasteiger partial charge in [-0.1, -0.05) is 27.7 Å². The second-order valence-corrected chi connectivity index (χ2v) is 5.76. The molecule has 9 heavy (non-hydrogen) atoms. The van der Waals surface area contributed by atoms with Gasteiger partial charge in [0.25, 0.3) is 0 Å². The van der Waals surface area contributed by atoms with Crippen LogP contribution in [0.3, 0.4) is 0 Å². The van der Waals surface area contributed by atoms with Gasteiger partial charge in [-0.15, -0.1) is 0 Å². The number of thioether (sulfide) groups is 1. The van der Waals surface area contributed by atoms with Crippen molar-refractivity contribution in [1.82, 2.24) is 0 Å². The van der Waals surface area contributed by atoms with Gasteiger partial charge in [0.2, 0.25) is 0 Å². The molecule has 1 fully saturated rings. The molecule has 0 aromatic heterocycles. The number of hydrogen-bond donors (Lipinski definition) is 0. The zero-order valence-electron chi connectivity index (χ0n) is 6.77. The fourth-order valence-corrected chi connectivity index (χ4v) is 3.21. The minimum Gasteiger partial charge on any atom is -0.152 e.